The van der Waals surface area contributed by atoms with Gasteiger partial charge in [0.2, 0.25) is 0 Å². The second-order valence-electron chi connectivity index (χ2n) is 3.67. The lowest BCUT2D eigenvalue weighted by molar-refractivity contribution is 0.0692. The van der Waals surface area contributed by atoms with E-state index in [1.807, 2.05) is 31.2 Å². The summed E-state index contributed by atoms with van der Waals surface area (Å²) in [7, 11) is 1.79. The molecule has 4 heteroatoms. The number of benzene rings is 1. The van der Waals surface area contributed by atoms with Gasteiger partial charge in [0.05, 0.1) is 12.0 Å². The van der Waals surface area contributed by atoms with Gasteiger partial charge in [-0.3, -0.25) is 0 Å². The predicted octanol–water partition coefficient (Wildman–Crippen LogP) is 2.09. The normalized spacial score (nSPS) is 10.4. The first-order valence-electron chi connectivity index (χ1n) is 4.92. The second kappa shape index (κ2) is 3.81. The van der Waals surface area contributed by atoms with Gasteiger partial charge in [0.1, 0.15) is 0 Å². The van der Waals surface area contributed by atoms with E-state index in [1.165, 1.54) is 6.33 Å². The summed E-state index contributed by atoms with van der Waals surface area (Å²) in [4.78, 5) is 14.9. The Kier molecular flexibility index (Phi) is 2.48. The van der Waals surface area contributed by atoms with Gasteiger partial charge in [-0.15, -0.1) is 0 Å². The number of hydrogen-bond donors (Lipinski definition) is 1. The van der Waals surface area contributed by atoms with Crippen LogP contribution in [0, 0.1) is 6.92 Å². The van der Waals surface area contributed by atoms with E-state index in [0.717, 1.165) is 11.1 Å². The molecule has 0 unspecified atom stereocenters. The number of carboxylic acids is 1. The summed E-state index contributed by atoms with van der Waals surface area (Å²) in [6.07, 6.45) is 1.52. The van der Waals surface area contributed by atoms with Gasteiger partial charge in [-0.25, -0.2) is 9.78 Å². The third kappa shape index (κ3) is 1.58. The number of aromatic nitrogens is 2. The Labute approximate surface area is 93.2 Å². The van der Waals surface area contributed by atoms with Crippen molar-refractivity contribution in [3.63, 3.8) is 0 Å². The lowest BCUT2D eigenvalue weighted by Gasteiger charge is -2.07. The van der Waals surface area contributed by atoms with E-state index in [2.05, 4.69) is 4.98 Å². The minimum absolute atomic E-state index is 0.0943. The van der Waals surface area contributed by atoms with Crippen LogP contribution in [0.4, 0.5) is 0 Å². The van der Waals surface area contributed by atoms with Crippen LogP contribution in [-0.4, -0.2) is 20.6 Å². The van der Waals surface area contributed by atoms with Crippen LogP contribution in [0.3, 0.4) is 0 Å². The molecule has 0 spiro atoms. The molecule has 0 fully saturated rings. The average molecular weight is 216 g/mol. The summed E-state index contributed by atoms with van der Waals surface area (Å²) in [5, 5.41) is 9.06. The zero-order chi connectivity index (χ0) is 11.7. The second-order valence-corrected chi connectivity index (χ2v) is 3.67. The number of nitrogens with zero attached hydrogens (tertiary/aromatic N) is 2. The SMILES string of the molecule is Cc1ccccc1-c1c(C(=O)O)ncn1C. The maximum Gasteiger partial charge on any atom is 0.356 e. The van der Waals surface area contributed by atoms with Crippen LogP contribution >= 0.6 is 0 Å². The molecule has 1 aromatic heterocycles. The Balaban J connectivity index is 2.68. The van der Waals surface area contributed by atoms with Gasteiger partial charge in [-0.05, 0) is 12.5 Å². The molecule has 2 aromatic rings. The van der Waals surface area contributed by atoms with Crippen LogP contribution in [0.2, 0.25) is 0 Å². The smallest absolute Gasteiger partial charge is 0.356 e. The van der Waals surface area contributed by atoms with Gasteiger partial charge in [-0.1, -0.05) is 24.3 Å². The summed E-state index contributed by atoms with van der Waals surface area (Å²) in [5.74, 6) is -1.00. The highest BCUT2D eigenvalue weighted by Gasteiger charge is 2.17. The Hall–Kier alpha value is -2.10. The fourth-order valence-corrected chi connectivity index (χ4v) is 1.74. The summed E-state index contributed by atoms with van der Waals surface area (Å²) in [5.41, 5.74) is 2.68. The first-order valence-corrected chi connectivity index (χ1v) is 4.92. The van der Waals surface area contributed by atoms with Crippen molar-refractivity contribution in [2.75, 3.05) is 0 Å². The van der Waals surface area contributed by atoms with Crippen LogP contribution in [0.1, 0.15) is 16.1 Å². The van der Waals surface area contributed by atoms with Gasteiger partial charge in [0, 0.05) is 12.6 Å². The number of imidazole rings is 1. The van der Waals surface area contributed by atoms with E-state index in [9.17, 15) is 4.79 Å². The van der Waals surface area contributed by atoms with Crippen molar-refractivity contribution in [2.24, 2.45) is 7.05 Å². The highest BCUT2D eigenvalue weighted by atomic mass is 16.4. The van der Waals surface area contributed by atoms with E-state index in [0.29, 0.717) is 5.69 Å². The molecule has 0 amide bonds. The van der Waals surface area contributed by atoms with Crippen molar-refractivity contribution in [2.45, 2.75) is 6.92 Å². The highest BCUT2D eigenvalue weighted by Crippen LogP contribution is 2.25. The molecular formula is C12H12N2O2. The van der Waals surface area contributed by atoms with E-state index in [4.69, 9.17) is 5.11 Å². The quantitative estimate of drug-likeness (QED) is 0.836. The molecule has 82 valence electrons. The number of aromatic carboxylic acids is 1. The molecule has 4 nitrogen and oxygen atoms in total. The maximum absolute atomic E-state index is 11.0. The molecule has 1 aromatic carbocycles. The van der Waals surface area contributed by atoms with E-state index in [-0.39, 0.29) is 5.69 Å². The molecule has 16 heavy (non-hydrogen) atoms. The molecule has 2 rings (SSSR count). The average Bonchev–Trinajstić information content (AvgIpc) is 2.61. The van der Waals surface area contributed by atoms with Crippen molar-refractivity contribution in [3.8, 4) is 11.3 Å². The fraction of sp³-hybridized carbons (Fsp3) is 0.167. The van der Waals surface area contributed by atoms with Crippen LogP contribution in [0.25, 0.3) is 11.3 Å². The van der Waals surface area contributed by atoms with Gasteiger partial charge < -0.3 is 9.67 Å². The summed E-state index contributed by atoms with van der Waals surface area (Å²) < 4.78 is 1.73. The molecular weight excluding hydrogens is 204 g/mol. The van der Waals surface area contributed by atoms with Crippen molar-refractivity contribution >= 4 is 5.97 Å². The van der Waals surface area contributed by atoms with Crippen molar-refractivity contribution in [1.82, 2.24) is 9.55 Å². The summed E-state index contributed by atoms with van der Waals surface area (Å²) >= 11 is 0. The first kappa shape index (κ1) is 10.4. The van der Waals surface area contributed by atoms with E-state index in [1.54, 1.807) is 11.6 Å². The Morgan fingerprint density at radius 2 is 2.06 bits per heavy atom. The largest absolute Gasteiger partial charge is 0.476 e. The Morgan fingerprint density at radius 3 is 2.69 bits per heavy atom. The number of aryl methyl sites for hydroxylation is 2. The molecule has 0 atom stereocenters. The van der Waals surface area contributed by atoms with Gasteiger partial charge in [-0.2, -0.15) is 0 Å². The Bertz CT molecular complexity index is 544. The number of rotatable bonds is 2. The van der Waals surface area contributed by atoms with Crippen molar-refractivity contribution < 1.29 is 9.90 Å². The predicted molar refractivity (Wildman–Crippen MR) is 60.3 cm³/mol. The highest BCUT2D eigenvalue weighted by molar-refractivity contribution is 5.93. The minimum Gasteiger partial charge on any atom is -0.476 e. The minimum atomic E-state index is -1.00. The fourth-order valence-electron chi connectivity index (χ4n) is 1.74. The standard InChI is InChI=1S/C12H12N2O2/c1-8-5-3-4-6-9(8)11-10(12(15)16)13-7-14(11)2/h3-7H,1-2H3,(H,15,16). The maximum atomic E-state index is 11.0. The van der Waals surface area contributed by atoms with Gasteiger partial charge >= 0.3 is 5.97 Å². The monoisotopic (exact) mass is 216 g/mol. The molecule has 0 saturated carbocycles. The molecule has 0 bridgehead atoms. The summed E-state index contributed by atoms with van der Waals surface area (Å²) in [6, 6.07) is 7.67. The molecule has 0 saturated heterocycles. The molecule has 0 radical (unpaired) electrons. The van der Waals surface area contributed by atoms with E-state index < -0.39 is 5.97 Å². The van der Waals surface area contributed by atoms with Gasteiger partial charge in [0.25, 0.3) is 0 Å². The van der Waals surface area contributed by atoms with E-state index >= 15 is 0 Å². The number of carbonyl (C=O) groups is 1. The van der Waals surface area contributed by atoms with Crippen LogP contribution in [0.5, 0.6) is 0 Å². The molecule has 0 aliphatic heterocycles. The number of hydrogen-bond acceptors (Lipinski definition) is 2. The number of carboxylic acid groups (broad SMARTS) is 1. The third-order valence-electron chi connectivity index (χ3n) is 2.54. The van der Waals surface area contributed by atoms with Crippen molar-refractivity contribution in [3.05, 3.63) is 41.9 Å². The summed E-state index contributed by atoms with van der Waals surface area (Å²) in [6.45, 7) is 1.95. The lowest BCUT2D eigenvalue weighted by atomic mass is 10.0. The molecule has 1 N–H and O–H groups in total. The Morgan fingerprint density at radius 1 is 1.38 bits per heavy atom. The van der Waals surface area contributed by atoms with Crippen LogP contribution in [-0.2, 0) is 7.05 Å². The molecule has 1 heterocycles. The molecule has 0 aliphatic carbocycles. The molecule has 0 aliphatic rings. The zero-order valence-corrected chi connectivity index (χ0v) is 9.14. The van der Waals surface area contributed by atoms with Crippen LogP contribution in [0.15, 0.2) is 30.6 Å². The first-order chi connectivity index (χ1) is 7.61. The lowest BCUT2D eigenvalue weighted by Crippen LogP contribution is -2.02. The zero-order valence-electron chi connectivity index (χ0n) is 9.14. The van der Waals surface area contributed by atoms with Crippen molar-refractivity contribution in [1.29, 1.82) is 0 Å². The topological polar surface area (TPSA) is 55.1 Å². The van der Waals surface area contributed by atoms with Gasteiger partial charge in [0.15, 0.2) is 5.69 Å². The van der Waals surface area contributed by atoms with Crippen LogP contribution < -0.4 is 0 Å². The third-order valence-corrected chi connectivity index (χ3v) is 2.54.